The molecule has 0 aromatic rings. The number of amides is 1. The Morgan fingerprint density at radius 2 is 2.21 bits per heavy atom. The normalized spacial score (nSPS) is 37.9. The van der Waals surface area contributed by atoms with Crippen molar-refractivity contribution in [3.63, 3.8) is 0 Å². The Morgan fingerprint density at radius 1 is 1.43 bits per heavy atom. The molecule has 14 heavy (non-hydrogen) atoms. The van der Waals surface area contributed by atoms with Crippen LogP contribution in [0.4, 0.5) is 0 Å². The van der Waals surface area contributed by atoms with E-state index in [-0.39, 0.29) is 5.92 Å². The van der Waals surface area contributed by atoms with E-state index in [1.807, 2.05) is 0 Å². The summed E-state index contributed by atoms with van der Waals surface area (Å²) in [7, 11) is 0. The summed E-state index contributed by atoms with van der Waals surface area (Å²) >= 11 is 0. The molecule has 2 aliphatic heterocycles. The predicted molar refractivity (Wildman–Crippen MR) is 55.9 cm³/mol. The van der Waals surface area contributed by atoms with E-state index >= 15 is 0 Å². The summed E-state index contributed by atoms with van der Waals surface area (Å²) in [5, 5.41) is 3.26. The average Bonchev–Trinajstić information content (AvgIpc) is 2.73. The van der Waals surface area contributed by atoms with Gasteiger partial charge in [0.25, 0.3) is 0 Å². The third-order valence-corrected chi connectivity index (χ3v) is 3.48. The van der Waals surface area contributed by atoms with Crippen LogP contribution in [0.5, 0.6) is 0 Å². The second-order valence-electron chi connectivity index (χ2n) is 4.87. The van der Waals surface area contributed by atoms with Gasteiger partial charge in [-0.05, 0) is 32.2 Å². The molecule has 2 fully saturated rings. The maximum Gasteiger partial charge on any atom is 0.227 e. The molecule has 2 heterocycles. The lowest BCUT2D eigenvalue weighted by Gasteiger charge is -2.24. The van der Waals surface area contributed by atoms with Crippen LogP contribution in [0.1, 0.15) is 26.7 Å². The molecule has 0 aromatic heterocycles. The number of carbonyl (C=O) groups excluding carboxylic acids is 1. The molecule has 2 saturated heterocycles. The molecule has 1 amide bonds. The highest BCUT2D eigenvalue weighted by Gasteiger charge is 2.34. The second-order valence-corrected chi connectivity index (χ2v) is 4.87. The molecule has 0 aliphatic carbocycles. The van der Waals surface area contributed by atoms with Crippen LogP contribution in [0.15, 0.2) is 0 Å². The van der Waals surface area contributed by atoms with Gasteiger partial charge < -0.3 is 10.2 Å². The SMILES string of the molecule is CC1CC(C)N(C(=O)[C@H]2CCNC2)C1. The summed E-state index contributed by atoms with van der Waals surface area (Å²) in [4.78, 5) is 14.2. The Bertz CT molecular complexity index is 223. The van der Waals surface area contributed by atoms with E-state index in [0.29, 0.717) is 17.9 Å². The van der Waals surface area contributed by atoms with Crippen molar-refractivity contribution in [1.29, 1.82) is 0 Å². The highest BCUT2D eigenvalue weighted by molar-refractivity contribution is 5.80. The van der Waals surface area contributed by atoms with Crippen molar-refractivity contribution >= 4 is 5.91 Å². The van der Waals surface area contributed by atoms with Gasteiger partial charge in [0, 0.05) is 19.1 Å². The van der Waals surface area contributed by atoms with Gasteiger partial charge in [-0.15, -0.1) is 0 Å². The van der Waals surface area contributed by atoms with Crippen molar-refractivity contribution in [3.05, 3.63) is 0 Å². The standard InChI is InChI=1S/C11H20N2O/c1-8-5-9(2)13(7-8)11(14)10-3-4-12-6-10/h8-10,12H,3-7H2,1-2H3/t8?,9?,10-/m0/s1. The van der Waals surface area contributed by atoms with Gasteiger partial charge in [-0.2, -0.15) is 0 Å². The van der Waals surface area contributed by atoms with E-state index in [0.717, 1.165) is 26.1 Å². The molecule has 2 rings (SSSR count). The number of hydrogen-bond acceptors (Lipinski definition) is 2. The molecule has 1 N–H and O–H groups in total. The largest absolute Gasteiger partial charge is 0.339 e. The van der Waals surface area contributed by atoms with Crippen LogP contribution in [-0.2, 0) is 4.79 Å². The molecule has 2 unspecified atom stereocenters. The van der Waals surface area contributed by atoms with Gasteiger partial charge in [0.1, 0.15) is 0 Å². The molecule has 0 spiro atoms. The fraction of sp³-hybridized carbons (Fsp3) is 0.909. The van der Waals surface area contributed by atoms with Crippen LogP contribution >= 0.6 is 0 Å². The minimum atomic E-state index is 0.253. The monoisotopic (exact) mass is 196 g/mol. The van der Waals surface area contributed by atoms with E-state index in [9.17, 15) is 4.79 Å². The van der Waals surface area contributed by atoms with Crippen molar-refractivity contribution in [2.45, 2.75) is 32.7 Å². The van der Waals surface area contributed by atoms with Gasteiger partial charge in [0.15, 0.2) is 0 Å². The van der Waals surface area contributed by atoms with Crippen LogP contribution in [0.3, 0.4) is 0 Å². The van der Waals surface area contributed by atoms with E-state index in [1.165, 1.54) is 6.42 Å². The molecule has 0 aromatic carbocycles. The van der Waals surface area contributed by atoms with Gasteiger partial charge in [0.2, 0.25) is 5.91 Å². The minimum absolute atomic E-state index is 0.253. The van der Waals surface area contributed by atoms with E-state index in [4.69, 9.17) is 0 Å². The highest BCUT2D eigenvalue weighted by atomic mass is 16.2. The first-order chi connectivity index (χ1) is 6.68. The molecular formula is C11H20N2O. The van der Waals surface area contributed by atoms with Gasteiger partial charge >= 0.3 is 0 Å². The van der Waals surface area contributed by atoms with Gasteiger partial charge in [0.05, 0.1) is 5.92 Å². The lowest BCUT2D eigenvalue weighted by molar-refractivity contribution is -0.135. The molecular weight excluding hydrogens is 176 g/mol. The number of hydrogen-bond donors (Lipinski definition) is 1. The molecule has 0 bridgehead atoms. The molecule has 3 heteroatoms. The summed E-state index contributed by atoms with van der Waals surface area (Å²) in [6.45, 7) is 7.27. The third-order valence-electron chi connectivity index (χ3n) is 3.48. The predicted octanol–water partition coefficient (Wildman–Crippen LogP) is 0.853. The fourth-order valence-corrected chi connectivity index (χ4v) is 2.71. The summed E-state index contributed by atoms with van der Waals surface area (Å²) in [6, 6.07) is 0.457. The molecule has 0 saturated carbocycles. The first-order valence-electron chi connectivity index (χ1n) is 5.69. The van der Waals surface area contributed by atoms with Gasteiger partial charge in [-0.3, -0.25) is 4.79 Å². The second kappa shape index (κ2) is 3.89. The Morgan fingerprint density at radius 3 is 2.71 bits per heavy atom. The summed E-state index contributed by atoms with van der Waals surface area (Å²) in [5.74, 6) is 1.32. The first kappa shape index (κ1) is 9.97. The van der Waals surface area contributed by atoms with E-state index < -0.39 is 0 Å². The third kappa shape index (κ3) is 1.78. The first-order valence-corrected chi connectivity index (χ1v) is 5.69. The lowest BCUT2D eigenvalue weighted by Crippen LogP contribution is -2.39. The topological polar surface area (TPSA) is 32.3 Å². The van der Waals surface area contributed by atoms with E-state index in [1.54, 1.807) is 0 Å². The van der Waals surface area contributed by atoms with Crippen LogP contribution in [0.2, 0.25) is 0 Å². The summed E-state index contributed by atoms with van der Waals surface area (Å²) in [5.41, 5.74) is 0. The van der Waals surface area contributed by atoms with Gasteiger partial charge in [-0.1, -0.05) is 6.92 Å². The highest BCUT2D eigenvalue weighted by Crippen LogP contribution is 2.25. The van der Waals surface area contributed by atoms with Crippen molar-refractivity contribution in [2.75, 3.05) is 19.6 Å². The number of carbonyl (C=O) groups is 1. The van der Waals surface area contributed by atoms with Crippen molar-refractivity contribution < 1.29 is 4.79 Å². The Labute approximate surface area is 85.8 Å². The number of nitrogens with zero attached hydrogens (tertiary/aromatic N) is 1. The van der Waals surface area contributed by atoms with Gasteiger partial charge in [-0.25, -0.2) is 0 Å². The van der Waals surface area contributed by atoms with Crippen LogP contribution in [0, 0.1) is 11.8 Å². The molecule has 0 radical (unpaired) electrons. The van der Waals surface area contributed by atoms with E-state index in [2.05, 4.69) is 24.1 Å². The summed E-state index contributed by atoms with van der Waals surface area (Å²) < 4.78 is 0. The van der Waals surface area contributed by atoms with Crippen LogP contribution < -0.4 is 5.32 Å². The zero-order valence-corrected chi connectivity index (χ0v) is 9.12. The molecule has 80 valence electrons. The maximum absolute atomic E-state index is 12.1. The smallest absolute Gasteiger partial charge is 0.227 e. The molecule has 3 atom stereocenters. The average molecular weight is 196 g/mol. The fourth-order valence-electron chi connectivity index (χ4n) is 2.71. The number of likely N-dealkylation sites (tertiary alicyclic amines) is 1. The Balaban J connectivity index is 1.96. The minimum Gasteiger partial charge on any atom is -0.339 e. The number of rotatable bonds is 1. The maximum atomic E-state index is 12.1. The molecule has 2 aliphatic rings. The van der Waals surface area contributed by atoms with Crippen LogP contribution in [0.25, 0.3) is 0 Å². The lowest BCUT2D eigenvalue weighted by atomic mass is 10.1. The Hall–Kier alpha value is -0.570. The molecule has 3 nitrogen and oxygen atoms in total. The quantitative estimate of drug-likeness (QED) is 0.674. The number of nitrogens with one attached hydrogen (secondary N) is 1. The van der Waals surface area contributed by atoms with Crippen molar-refractivity contribution in [2.24, 2.45) is 11.8 Å². The zero-order chi connectivity index (χ0) is 10.1. The van der Waals surface area contributed by atoms with Crippen molar-refractivity contribution in [1.82, 2.24) is 10.2 Å². The van der Waals surface area contributed by atoms with Crippen LogP contribution in [-0.4, -0.2) is 36.5 Å². The Kier molecular flexibility index (Phi) is 2.77. The summed E-state index contributed by atoms with van der Waals surface area (Å²) in [6.07, 6.45) is 2.20. The van der Waals surface area contributed by atoms with Crippen molar-refractivity contribution in [3.8, 4) is 0 Å². The zero-order valence-electron chi connectivity index (χ0n) is 9.12.